The second-order valence-electron chi connectivity index (χ2n) is 3.69. The van der Waals surface area contributed by atoms with Gasteiger partial charge >= 0.3 is 0 Å². The molecule has 2 aromatic rings. The molecule has 2 N–H and O–H groups in total. The molecule has 1 aromatic heterocycles. The zero-order valence-corrected chi connectivity index (χ0v) is 9.89. The van der Waals surface area contributed by atoms with Crippen molar-refractivity contribution in [3.63, 3.8) is 0 Å². The maximum atomic E-state index is 12.1. The molecule has 17 heavy (non-hydrogen) atoms. The SMILES string of the molecule is Nc1cccc(S(=O)(=O)Cc2cccnc2)c1. The summed E-state index contributed by atoms with van der Waals surface area (Å²) in [6.45, 7) is 0. The largest absolute Gasteiger partial charge is 0.399 e. The van der Waals surface area contributed by atoms with Crippen LogP contribution in [-0.2, 0) is 15.6 Å². The zero-order chi connectivity index (χ0) is 12.3. The van der Waals surface area contributed by atoms with Crippen LogP contribution in [0.15, 0.2) is 53.7 Å². The van der Waals surface area contributed by atoms with Crippen molar-refractivity contribution >= 4 is 15.5 Å². The standard InChI is InChI=1S/C12H12N2O2S/c13-11-4-1-5-12(7-11)17(15,16)9-10-3-2-6-14-8-10/h1-8H,9,13H2. The molecule has 0 aliphatic rings. The van der Waals surface area contributed by atoms with Crippen LogP contribution in [0.3, 0.4) is 0 Å². The number of anilines is 1. The predicted octanol–water partition coefficient (Wildman–Crippen LogP) is 1.64. The average Bonchev–Trinajstić information content (AvgIpc) is 2.30. The van der Waals surface area contributed by atoms with Gasteiger partial charge in [0.2, 0.25) is 0 Å². The minimum atomic E-state index is -3.36. The van der Waals surface area contributed by atoms with E-state index in [0.717, 1.165) is 0 Å². The van der Waals surface area contributed by atoms with E-state index < -0.39 is 9.84 Å². The Hall–Kier alpha value is -1.88. The number of sulfone groups is 1. The topological polar surface area (TPSA) is 73.1 Å². The second kappa shape index (κ2) is 4.55. The van der Waals surface area contributed by atoms with Gasteiger partial charge in [0.15, 0.2) is 9.84 Å². The van der Waals surface area contributed by atoms with Gasteiger partial charge in [-0.15, -0.1) is 0 Å². The molecule has 1 heterocycles. The maximum Gasteiger partial charge on any atom is 0.182 e. The van der Waals surface area contributed by atoms with Crippen molar-refractivity contribution in [2.75, 3.05) is 5.73 Å². The Morgan fingerprint density at radius 1 is 1.18 bits per heavy atom. The Bertz CT molecular complexity index is 609. The third kappa shape index (κ3) is 2.82. The third-order valence-corrected chi connectivity index (χ3v) is 3.98. The predicted molar refractivity (Wildman–Crippen MR) is 66.0 cm³/mol. The lowest BCUT2D eigenvalue weighted by Crippen LogP contribution is -2.05. The van der Waals surface area contributed by atoms with Crippen molar-refractivity contribution in [2.24, 2.45) is 0 Å². The van der Waals surface area contributed by atoms with E-state index in [1.54, 1.807) is 42.7 Å². The molecule has 0 amide bonds. The van der Waals surface area contributed by atoms with E-state index in [0.29, 0.717) is 11.3 Å². The number of rotatable bonds is 3. The first-order chi connectivity index (χ1) is 8.08. The van der Waals surface area contributed by atoms with Gasteiger partial charge in [-0.2, -0.15) is 0 Å². The molecular weight excluding hydrogens is 236 g/mol. The van der Waals surface area contributed by atoms with Crippen molar-refractivity contribution in [3.8, 4) is 0 Å². The highest BCUT2D eigenvalue weighted by atomic mass is 32.2. The number of nitrogens with two attached hydrogens (primary N) is 1. The van der Waals surface area contributed by atoms with Crippen LogP contribution < -0.4 is 5.73 Å². The molecule has 88 valence electrons. The summed E-state index contributed by atoms with van der Waals surface area (Å²) in [6.07, 6.45) is 3.15. The lowest BCUT2D eigenvalue weighted by molar-refractivity contribution is 0.595. The number of hydrogen-bond acceptors (Lipinski definition) is 4. The van der Waals surface area contributed by atoms with Gasteiger partial charge in [0.1, 0.15) is 0 Å². The van der Waals surface area contributed by atoms with E-state index in [1.807, 2.05) is 0 Å². The van der Waals surface area contributed by atoms with Crippen LogP contribution in [0.4, 0.5) is 5.69 Å². The molecule has 0 spiro atoms. The summed E-state index contributed by atoms with van der Waals surface area (Å²) in [5, 5.41) is 0. The van der Waals surface area contributed by atoms with Gasteiger partial charge in [0.25, 0.3) is 0 Å². The monoisotopic (exact) mass is 248 g/mol. The van der Waals surface area contributed by atoms with E-state index in [1.165, 1.54) is 6.07 Å². The Morgan fingerprint density at radius 3 is 2.65 bits per heavy atom. The Labute approximate surface area is 100 Å². The molecular formula is C12H12N2O2S. The lowest BCUT2D eigenvalue weighted by atomic mass is 10.3. The van der Waals surface area contributed by atoms with Crippen LogP contribution in [0.5, 0.6) is 0 Å². The zero-order valence-electron chi connectivity index (χ0n) is 9.08. The maximum absolute atomic E-state index is 12.1. The van der Waals surface area contributed by atoms with E-state index in [2.05, 4.69) is 4.98 Å². The third-order valence-electron chi connectivity index (χ3n) is 2.30. The Kier molecular flexibility index (Phi) is 3.10. The van der Waals surface area contributed by atoms with E-state index in [4.69, 9.17) is 5.73 Å². The molecule has 0 atom stereocenters. The summed E-state index contributed by atoms with van der Waals surface area (Å²) >= 11 is 0. The molecule has 0 radical (unpaired) electrons. The second-order valence-corrected chi connectivity index (χ2v) is 5.68. The smallest absolute Gasteiger partial charge is 0.182 e. The summed E-state index contributed by atoms with van der Waals surface area (Å²) in [5.74, 6) is -0.0652. The minimum absolute atomic E-state index is 0.0652. The molecule has 0 aliphatic heterocycles. The van der Waals surface area contributed by atoms with Crippen LogP contribution in [0.1, 0.15) is 5.56 Å². The van der Waals surface area contributed by atoms with Gasteiger partial charge in [-0.25, -0.2) is 8.42 Å². The van der Waals surface area contributed by atoms with Crippen molar-refractivity contribution in [3.05, 3.63) is 54.4 Å². The number of benzene rings is 1. The number of nitrogen functional groups attached to an aromatic ring is 1. The quantitative estimate of drug-likeness (QED) is 0.838. The van der Waals surface area contributed by atoms with Gasteiger partial charge in [-0.1, -0.05) is 12.1 Å². The summed E-state index contributed by atoms with van der Waals surface area (Å²) in [4.78, 5) is 4.13. The van der Waals surface area contributed by atoms with Crippen molar-refractivity contribution in [1.29, 1.82) is 0 Å². The fourth-order valence-electron chi connectivity index (χ4n) is 1.49. The minimum Gasteiger partial charge on any atom is -0.399 e. The van der Waals surface area contributed by atoms with Crippen molar-refractivity contribution < 1.29 is 8.42 Å². The number of nitrogens with zero attached hydrogens (tertiary/aromatic N) is 1. The summed E-state index contributed by atoms with van der Waals surface area (Å²) < 4.78 is 24.1. The molecule has 0 saturated carbocycles. The lowest BCUT2D eigenvalue weighted by Gasteiger charge is -2.04. The Morgan fingerprint density at radius 2 is 2.00 bits per heavy atom. The van der Waals surface area contributed by atoms with Crippen molar-refractivity contribution in [1.82, 2.24) is 4.98 Å². The van der Waals surface area contributed by atoms with Crippen LogP contribution >= 0.6 is 0 Å². The van der Waals surface area contributed by atoms with Crippen LogP contribution in [0.2, 0.25) is 0 Å². The molecule has 0 saturated heterocycles. The molecule has 0 unspecified atom stereocenters. The first-order valence-corrected chi connectivity index (χ1v) is 6.70. The fourth-order valence-corrected chi connectivity index (χ4v) is 2.87. The van der Waals surface area contributed by atoms with Crippen LogP contribution in [0.25, 0.3) is 0 Å². The van der Waals surface area contributed by atoms with Crippen molar-refractivity contribution in [2.45, 2.75) is 10.6 Å². The first-order valence-electron chi connectivity index (χ1n) is 5.05. The van der Waals surface area contributed by atoms with Gasteiger partial charge < -0.3 is 5.73 Å². The number of pyridine rings is 1. The van der Waals surface area contributed by atoms with E-state index in [-0.39, 0.29) is 10.6 Å². The van der Waals surface area contributed by atoms with Gasteiger partial charge in [0.05, 0.1) is 10.6 Å². The first kappa shape index (κ1) is 11.6. The Balaban J connectivity index is 2.32. The summed E-state index contributed by atoms with van der Waals surface area (Å²) in [7, 11) is -3.36. The highest BCUT2D eigenvalue weighted by Gasteiger charge is 2.15. The van der Waals surface area contributed by atoms with Gasteiger partial charge in [-0.3, -0.25) is 4.98 Å². The molecule has 2 rings (SSSR count). The summed E-state index contributed by atoms with van der Waals surface area (Å²) in [6, 6.07) is 9.74. The molecule has 0 aliphatic carbocycles. The van der Waals surface area contributed by atoms with E-state index in [9.17, 15) is 8.42 Å². The average molecular weight is 248 g/mol. The molecule has 0 bridgehead atoms. The highest BCUT2D eigenvalue weighted by molar-refractivity contribution is 7.90. The summed E-state index contributed by atoms with van der Waals surface area (Å²) in [5.41, 5.74) is 6.68. The molecule has 0 fully saturated rings. The fraction of sp³-hybridized carbons (Fsp3) is 0.0833. The molecule has 5 heteroatoms. The highest BCUT2D eigenvalue weighted by Crippen LogP contribution is 2.17. The molecule has 4 nitrogen and oxygen atoms in total. The number of aromatic nitrogens is 1. The number of hydrogen-bond donors (Lipinski definition) is 1. The normalized spacial score (nSPS) is 11.3. The van der Waals surface area contributed by atoms with E-state index >= 15 is 0 Å². The van der Waals surface area contributed by atoms with Gasteiger partial charge in [0, 0.05) is 18.1 Å². The van der Waals surface area contributed by atoms with Crippen LogP contribution in [-0.4, -0.2) is 13.4 Å². The molecule has 1 aromatic carbocycles. The van der Waals surface area contributed by atoms with Crippen LogP contribution in [0, 0.1) is 0 Å². The van der Waals surface area contributed by atoms with Gasteiger partial charge in [-0.05, 0) is 29.8 Å².